The van der Waals surface area contributed by atoms with Crippen molar-refractivity contribution in [1.29, 1.82) is 5.41 Å². The van der Waals surface area contributed by atoms with E-state index in [2.05, 4.69) is 11.9 Å². The van der Waals surface area contributed by atoms with E-state index in [1.165, 1.54) is 0 Å². The molecule has 2 N–H and O–H groups in total. The quantitative estimate of drug-likeness (QED) is 0.604. The van der Waals surface area contributed by atoms with Crippen molar-refractivity contribution in [3.63, 3.8) is 0 Å². The molecule has 4 heteroatoms. The highest BCUT2D eigenvalue weighted by molar-refractivity contribution is 6.05. The summed E-state index contributed by atoms with van der Waals surface area (Å²) in [6.45, 7) is 6.02. The van der Waals surface area contributed by atoms with Gasteiger partial charge in [-0.05, 0) is 6.42 Å². The first-order valence-electron chi connectivity index (χ1n) is 3.97. The summed E-state index contributed by atoms with van der Waals surface area (Å²) in [6.07, 6.45) is 2.44. The molecular weight excluding hydrogens is 154 g/mol. The molecule has 1 saturated heterocycles. The maximum Gasteiger partial charge on any atom is 0.323 e. The average Bonchev–Trinajstić information content (AvgIpc) is 2.28. The van der Waals surface area contributed by atoms with Crippen LogP contribution in [-0.2, 0) is 0 Å². The minimum atomic E-state index is -0.188. The van der Waals surface area contributed by atoms with E-state index in [1.807, 2.05) is 6.92 Å². The van der Waals surface area contributed by atoms with Crippen LogP contribution in [0.25, 0.3) is 0 Å². The zero-order valence-corrected chi connectivity index (χ0v) is 7.13. The first kappa shape index (κ1) is 8.77. The van der Waals surface area contributed by atoms with Gasteiger partial charge >= 0.3 is 6.03 Å². The van der Waals surface area contributed by atoms with Crippen LogP contribution in [0.4, 0.5) is 4.79 Å². The van der Waals surface area contributed by atoms with Gasteiger partial charge in [-0.1, -0.05) is 13.0 Å². The van der Waals surface area contributed by atoms with Crippen LogP contribution in [0.1, 0.15) is 13.3 Å². The number of amidine groups is 1. The van der Waals surface area contributed by atoms with E-state index >= 15 is 0 Å². The van der Waals surface area contributed by atoms with Gasteiger partial charge in [0.1, 0.15) is 5.84 Å². The predicted octanol–water partition coefficient (Wildman–Crippen LogP) is 0.953. The fourth-order valence-corrected chi connectivity index (χ4v) is 1.34. The highest BCUT2D eigenvalue weighted by Crippen LogP contribution is 2.11. The highest BCUT2D eigenvalue weighted by Gasteiger charge is 2.32. The lowest BCUT2D eigenvalue weighted by Gasteiger charge is -2.18. The minimum absolute atomic E-state index is 0.0875. The topological polar surface area (TPSA) is 56.2 Å². The van der Waals surface area contributed by atoms with Gasteiger partial charge in [-0.25, -0.2) is 4.79 Å². The van der Waals surface area contributed by atoms with Crippen LogP contribution in [-0.4, -0.2) is 29.4 Å². The summed E-state index contributed by atoms with van der Waals surface area (Å²) in [5.41, 5.74) is 0. The average molecular weight is 167 g/mol. The van der Waals surface area contributed by atoms with Crippen LogP contribution in [0.2, 0.25) is 0 Å². The molecule has 1 unspecified atom stereocenters. The lowest BCUT2D eigenvalue weighted by Crippen LogP contribution is -2.34. The van der Waals surface area contributed by atoms with Crippen molar-refractivity contribution in [1.82, 2.24) is 10.2 Å². The molecule has 1 atom stereocenters. The third-order valence-electron chi connectivity index (χ3n) is 1.92. The summed E-state index contributed by atoms with van der Waals surface area (Å²) < 4.78 is 0. The smallest absolute Gasteiger partial charge is 0.311 e. The number of rotatable bonds is 3. The summed E-state index contributed by atoms with van der Waals surface area (Å²) in [5, 5.41) is 9.91. The standard InChI is InChI=1S/C8H13N3O/c1-3-5-11-6(4-2)7(9)10-8(11)12/h3,6H,1,4-5H2,2H3,(H2,9,10,12). The molecule has 1 rings (SSSR count). The summed E-state index contributed by atoms with van der Waals surface area (Å²) in [5.74, 6) is 0.296. The van der Waals surface area contributed by atoms with Crippen molar-refractivity contribution in [2.45, 2.75) is 19.4 Å². The lowest BCUT2D eigenvalue weighted by atomic mass is 10.2. The SMILES string of the molecule is C=CCN1C(=O)NC(=N)C1CC. The maximum atomic E-state index is 11.2. The molecule has 12 heavy (non-hydrogen) atoms. The Morgan fingerprint density at radius 3 is 3.00 bits per heavy atom. The van der Waals surface area contributed by atoms with Crippen LogP contribution in [0.15, 0.2) is 12.7 Å². The molecule has 2 amide bonds. The molecule has 0 aromatic rings. The van der Waals surface area contributed by atoms with Crippen molar-refractivity contribution in [2.75, 3.05) is 6.54 Å². The second-order valence-corrected chi connectivity index (χ2v) is 2.71. The largest absolute Gasteiger partial charge is 0.323 e. The molecule has 1 fully saturated rings. The molecule has 1 aliphatic rings. The van der Waals surface area contributed by atoms with Gasteiger partial charge in [0.2, 0.25) is 0 Å². The Balaban J connectivity index is 2.74. The molecule has 0 spiro atoms. The van der Waals surface area contributed by atoms with Gasteiger partial charge in [-0.2, -0.15) is 0 Å². The van der Waals surface area contributed by atoms with Gasteiger partial charge in [-0.15, -0.1) is 6.58 Å². The van der Waals surface area contributed by atoms with Crippen LogP contribution in [0.5, 0.6) is 0 Å². The second-order valence-electron chi connectivity index (χ2n) is 2.71. The maximum absolute atomic E-state index is 11.2. The van der Waals surface area contributed by atoms with Crippen molar-refractivity contribution in [2.24, 2.45) is 0 Å². The number of nitrogens with zero attached hydrogens (tertiary/aromatic N) is 1. The zero-order chi connectivity index (χ0) is 9.14. The normalized spacial score (nSPS) is 22.8. The van der Waals surface area contributed by atoms with Gasteiger partial charge in [0, 0.05) is 6.54 Å². The molecule has 0 aromatic carbocycles. The predicted molar refractivity (Wildman–Crippen MR) is 47.2 cm³/mol. The first-order valence-corrected chi connectivity index (χ1v) is 3.97. The number of hydrogen-bond donors (Lipinski definition) is 2. The third-order valence-corrected chi connectivity index (χ3v) is 1.92. The van der Waals surface area contributed by atoms with Crippen LogP contribution >= 0.6 is 0 Å². The number of nitrogens with one attached hydrogen (secondary N) is 2. The van der Waals surface area contributed by atoms with E-state index in [9.17, 15) is 4.79 Å². The summed E-state index contributed by atoms with van der Waals surface area (Å²) >= 11 is 0. The van der Waals surface area contributed by atoms with Gasteiger partial charge in [0.15, 0.2) is 0 Å². The molecule has 0 saturated carbocycles. The lowest BCUT2D eigenvalue weighted by molar-refractivity contribution is 0.210. The molecule has 1 aliphatic heterocycles. The Hall–Kier alpha value is -1.32. The Morgan fingerprint density at radius 2 is 2.50 bits per heavy atom. The number of urea groups is 1. The Morgan fingerprint density at radius 1 is 1.83 bits per heavy atom. The van der Waals surface area contributed by atoms with Crippen LogP contribution in [0.3, 0.4) is 0 Å². The van der Waals surface area contributed by atoms with E-state index < -0.39 is 0 Å². The molecule has 1 heterocycles. The van der Waals surface area contributed by atoms with Crippen molar-refractivity contribution in [3.05, 3.63) is 12.7 Å². The van der Waals surface area contributed by atoms with Crippen LogP contribution in [0, 0.1) is 5.41 Å². The molecule has 4 nitrogen and oxygen atoms in total. The monoisotopic (exact) mass is 167 g/mol. The number of carbonyl (C=O) groups is 1. The van der Waals surface area contributed by atoms with Gasteiger partial charge in [0.25, 0.3) is 0 Å². The summed E-state index contributed by atoms with van der Waals surface area (Å²) in [4.78, 5) is 12.8. The number of carbonyl (C=O) groups excluding carboxylic acids is 1. The fraction of sp³-hybridized carbons (Fsp3) is 0.500. The molecule has 0 bridgehead atoms. The van der Waals surface area contributed by atoms with Gasteiger partial charge in [-0.3, -0.25) is 10.7 Å². The first-order chi connectivity index (χ1) is 5.70. The zero-order valence-electron chi connectivity index (χ0n) is 7.13. The second kappa shape index (κ2) is 3.38. The van der Waals surface area contributed by atoms with Gasteiger partial charge in [0.05, 0.1) is 6.04 Å². The van der Waals surface area contributed by atoms with E-state index in [4.69, 9.17) is 5.41 Å². The van der Waals surface area contributed by atoms with E-state index in [1.54, 1.807) is 11.0 Å². The minimum Gasteiger partial charge on any atom is -0.311 e. The molecule has 0 aromatic heterocycles. The Bertz CT molecular complexity index is 224. The number of hydrogen-bond acceptors (Lipinski definition) is 2. The third kappa shape index (κ3) is 1.32. The van der Waals surface area contributed by atoms with Crippen LogP contribution < -0.4 is 5.32 Å². The van der Waals surface area contributed by atoms with Crippen molar-refractivity contribution in [3.8, 4) is 0 Å². The van der Waals surface area contributed by atoms with E-state index in [-0.39, 0.29) is 12.1 Å². The van der Waals surface area contributed by atoms with E-state index in [0.717, 1.165) is 6.42 Å². The Kier molecular flexibility index (Phi) is 2.47. The molecule has 66 valence electrons. The molecular formula is C8H13N3O. The highest BCUT2D eigenvalue weighted by atomic mass is 16.2. The van der Waals surface area contributed by atoms with Gasteiger partial charge < -0.3 is 4.90 Å². The summed E-state index contributed by atoms with van der Waals surface area (Å²) in [7, 11) is 0. The molecule has 0 radical (unpaired) electrons. The molecule has 0 aliphatic carbocycles. The fourth-order valence-electron chi connectivity index (χ4n) is 1.34. The van der Waals surface area contributed by atoms with Crippen molar-refractivity contribution < 1.29 is 4.79 Å². The van der Waals surface area contributed by atoms with Crippen molar-refractivity contribution >= 4 is 11.9 Å². The summed E-state index contributed by atoms with van der Waals surface area (Å²) in [6, 6.07) is -0.276. The van der Waals surface area contributed by atoms with E-state index in [0.29, 0.717) is 12.4 Å². The Labute approximate surface area is 71.8 Å². The number of amides is 2.